The van der Waals surface area contributed by atoms with Crippen molar-refractivity contribution in [2.45, 2.75) is 26.2 Å². The van der Waals surface area contributed by atoms with Crippen LogP contribution in [0, 0.1) is 6.92 Å². The molecule has 6 heteroatoms. The highest BCUT2D eigenvalue weighted by atomic mass is 127. The Kier molecular flexibility index (Phi) is 9.70. The summed E-state index contributed by atoms with van der Waals surface area (Å²) in [7, 11) is 1.81. The zero-order valence-corrected chi connectivity index (χ0v) is 19.5. The fourth-order valence-electron chi connectivity index (χ4n) is 3.13. The highest BCUT2D eigenvalue weighted by molar-refractivity contribution is 14.0. The van der Waals surface area contributed by atoms with Crippen molar-refractivity contribution < 1.29 is 0 Å². The van der Waals surface area contributed by atoms with E-state index in [1.165, 1.54) is 11.1 Å². The molecule has 3 rings (SSSR count). The van der Waals surface area contributed by atoms with Gasteiger partial charge in [0.15, 0.2) is 5.96 Å². The Morgan fingerprint density at radius 2 is 1.59 bits per heavy atom. The van der Waals surface area contributed by atoms with E-state index in [4.69, 9.17) is 0 Å². The van der Waals surface area contributed by atoms with Crippen LogP contribution >= 0.6 is 24.0 Å². The highest BCUT2D eigenvalue weighted by Crippen LogP contribution is 2.13. The molecule has 0 radical (unpaired) electrons. The molecule has 1 heterocycles. The molecule has 3 aromatic rings. The van der Waals surface area contributed by atoms with Crippen molar-refractivity contribution in [3.05, 3.63) is 83.7 Å². The fourth-order valence-corrected chi connectivity index (χ4v) is 3.13. The summed E-state index contributed by atoms with van der Waals surface area (Å²) >= 11 is 0. The van der Waals surface area contributed by atoms with Crippen LogP contribution in [0.1, 0.15) is 23.2 Å². The van der Waals surface area contributed by atoms with Crippen molar-refractivity contribution >= 4 is 29.9 Å². The van der Waals surface area contributed by atoms with E-state index in [0.717, 1.165) is 49.7 Å². The molecule has 0 saturated heterocycles. The fraction of sp³-hybridized carbons (Fsp3) is 0.304. The lowest BCUT2D eigenvalue weighted by Crippen LogP contribution is -2.38. The van der Waals surface area contributed by atoms with Gasteiger partial charge in [-0.25, -0.2) is 4.68 Å². The molecule has 0 unspecified atom stereocenters. The molecule has 0 aliphatic carbocycles. The Balaban J connectivity index is 0.00000300. The Labute approximate surface area is 190 Å². The van der Waals surface area contributed by atoms with Gasteiger partial charge in [-0.15, -0.1) is 24.0 Å². The third kappa shape index (κ3) is 7.20. The molecule has 0 amide bonds. The van der Waals surface area contributed by atoms with Gasteiger partial charge in [0.05, 0.1) is 11.4 Å². The zero-order valence-electron chi connectivity index (χ0n) is 17.1. The van der Waals surface area contributed by atoms with Gasteiger partial charge in [-0.1, -0.05) is 48.5 Å². The van der Waals surface area contributed by atoms with Crippen LogP contribution in [0.2, 0.25) is 0 Å². The van der Waals surface area contributed by atoms with Gasteiger partial charge in [0, 0.05) is 26.3 Å². The molecular formula is C23H30IN5. The first-order chi connectivity index (χ1) is 13.8. The number of hydrogen-bond donors (Lipinski definition) is 2. The highest BCUT2D eigenvalue weighted by Gasteiger charge is 2.06. The molecule has 0 fully saturated rings. The monoisotopic (exact) mass is 503 g/mol. The van der Waals surface area contributed by atoms with E-state index < -0.39 is 0 Å². The van der Waals surface area contributed by atoms with Crippen LogP contribution in [-0.2, 0) is 12.8 Å². The number of aromatic nitrogens is 2. The van der Waals surface area contributed by atoms with E-state index in [0.29, 0.717) is 0 Å². The maximum Gasteiger partial charge on any atom is 0.190 e. The molecule has 0 spiro atoms. The van der Waals surface area contributed by atoms with Gasteiger partial charge < -0.3 is 10.6 Å². The third-order valence-electron chi connectivity index (χ3n) is 4.71. The maximum atomic E-state index is 4.64. The summed E-state index contributed by atoms with van der Waals surface area (Å²) < 4.78 is 1.96. The molecule has 0 atom stereocenters. The van der Waals surface area contributed by atoms with E-state index in [1.807, 2.05) is 36.0 Å². The lowest BCUT2D eigenvalue weighted by Gasteiger charge is -2.11. The van der Waals surface area contributed by atoms with Gasteiger partial charge in [-0.3, -0.25) is 4.99 Å². The second-order valence-corrected chi connectivity index (χ2v) is 6.78. The van der Waals surface area contributed by atoms with Crippen LogP contribution in [0.4, 0.5) is 0 Å². The van der Waals surface area contributed by atoms with Crippen LogP contribution in [-0.4, -0.2) is 35.9 Å². The van der Waals surface area contributed by atoms with E-state index in [1.54, 1.807) is 0 Å². The van der Waals surface area contributed by atoms with Crippen molar-refractivity contribution in [3.8, 4) is 5.69 Å². The van der Waals surface area contributed by atoms with E-state index in [9.17, 15) is 0 Å². The summed E-state index contributed by atoms with van der Waals surface area (Å²) in [4.78, 5) is 4.30. The summed E-state index contributed by atoms with van der Waals surface area (Å²) in [5, 5.41) is 11.4. The molecule has 1 aromatic heterocycles. The first-order valence-corrected chi connectivity index (χ1v) is 9.85. The predicted molar refractivity (Wildman–Crippen MR) is 132 cm³/mol. The number of nitrogens with one attached hydrogen (secondary N) is 2. The average molecular weight is 503 g/mol. The van der Waals surface area contributed by atoms with E-state index >= 15 is 0 Å². The van der Waals surface area contributed by atoms with Crippen molar-refractivity contribution in [2.75, 3.05) is 20.1 Å². The molecule has 2 aromatic carbocycles. The Bertz CT molecular complexity index is 875. The third-order valence-corrected chi connectivity index (χ3v) is 4.71. The minimum atomic E-state index is 0. The number of nitrogens with zero attached hydrogens (tertiary/aromatic N) is 3. The SMILES string of the molecule is CN=C(NCCCc1cn(-c2ccccc2)nc1C)NCCc1ccccc1.I. The second kappa shape index (κ2) is 12.3. The summed E-state index contributed by atoms with van der Waals surface area (Å²) in [6.07, 6.45) is 5.14. The van der Waals surface area contributed by atoms with Crippen LogP contribution in [0.3, 0.4) is 0 Å². The first kappa shape index (κ1) is 22.9. The van der Waals surface area contributed by atoms with Crippen molar-refractivity contribution in [3.63, 3.8) is 0 Å². The molecule has 5 nitrogen and oxygen atoms in total. The normalized spacial score (nSPS) is 11.0. The Hall–Kier alpha value is -2.35. The largest absolute Gasteiger partial charge is 0.356 e. The summed E-state index contributed by atoms with van der Waals surface area (Å²) in [6.45, 7) is 3.82. The zero-order chi connectivity index (χ0) is 19.6. The number of benzene rings is 2. The number of hydrogen-bond acceptors (Lipinski definition) is 2. The summed E-state index contributed by atoms with van der Waals surface area (Å²) in [6, 6.07) is 20.7. The van der Waals surface area contributed by atoms with Gasteiger partial charge in [-0.2, -0.15) is 5.10 Å². The van der Waals surface area contributed by atoms with Crippen molar-refractivity contribution in [2.24, 2.45) is 4.99 Å². The summed E-state index contributed by atoms with van der Waals surface area (Å²) in [5.74, 6) is 0.854. The van der Waals surface area contributed by atoms with Crippen LogP contribution in [0.15, 0.2) is 71.9 Å². The smallest absolute Gasteiger partial charge is 0.190 e. The quantitative estimate of drug-likeness (QED) is 0.210. The molecule has 0 saturated carbocycles. The van der Waals surface area contributed by atoms with Crippen molar-refractivity contribution in [1.29, 1.82) is 0 Å². The average Bonchev–Trinajstić information content (AvgIpc) is 3.12. The van der Waals surface area contributed by atoms with Gasteiger partial charge >= 0.3 is 0 Å². The number of para-hydroxylation sites is 1. The number of halogens is 1. The van der Waals surface area contributed by atoms with Gasteiger partial charge in [-0.05, 0) is 49.4 Å². The maximum absolute atomic E-state index is 4.64. The molecule has 0 bridgehead atoms. The topological polar surface area (TPSA) is 54.2 Å². The van der Waals surface area contributed by atoms with Crippen LogP contribution < -0.4 is 10.6 Å². The molecule has 154 valence electrons. The Morgan fingerprint density at radius 3 is 2.28 bits per heavy atom. The second-order valence-electron chi connectivity index (χ2n) is 6.78. The predicted octanol–water partition coefficient (Wildman–Crippen LogP) is 4.14. The molecule has 0 aliphatic rings. The molecular weight excluding hydrogens is 473 g/mol. The van der Waals surface area contributed by atoms with Crippen LogP contribution in [0.25, 0.3) is 5.69 Å². The lowest BCUT2D eigenvalue weighted by molar-refractivity contribution is 0.737. The molecule has 2 N–H and O–H groups in total. The minimum absolute atomic E-state index is 0. The number of aryl methyl sites for hydroxylation is 2. The number of guanidine groups is 1. The van der Waals surface area contributed by atoms with Crippen LogP contribution in [0.5, 0.6) is 0 Å². The van der Waals surface area contributed by atoms with E-state index in [-0.39, 0.29) is 24.0 Å². The van der Waals surface area contributed by atoms with Gasteiger partial charge in [0.25, 0.3) is 0 Å². The lowest BCUT2D eigenvalue weighted by atomic mass is 10.1. The minimum Gasteiger partial charge on any atom is -0.356 e. The van der Waals surface area contributed by atoms with Gasteiger partial charge in [0.2, 0.25) is 0 Å². The first-order valence-electron chi connectivity index (χ1n) is 9.85. The van der Waals surface area contributed by atoms with Gasteiger partial charge in [0.1, 0.15) is 0 Å². The number of aliphatic imine (C=N–C) groups is 1. The standard InChI is InChI=1S/C23H29N5.HI/c1-19-21(18-28(27-19)22-13-7-4-8-14-22)12-9-16-25-23(24-2)26-17-15-20-10-5-3-6-11-20;/h3-8,10-11,13-14,18H,9,12,15-17H2,1-2H3,(H2,24,25,26);1H. The Morgan fingerprint density at radius 1 is 0.931 bits per heavy atom. The molecule has 0 aliphatic heterocycles. The summed E-state index contributed by atoms with van der Waals surface area (Å²) in [5.41, 5.74) is 4.81. The van der Waals surface area contributed by atoms with E-state index in [2.05, 4.69) is 70.2 Å². The number of rotatable bonds is 8. The molecule has 29 heavy (non-hydrogen) atoms. The van der Waals surface area contributed by atoms with Crippen molar-refractivity contribution in [1.82, 2.24) is 20.4 Å².